The predicted molar refractivity (Wildman–Crippen MR) is 170 cm³/mol. The Morgan fingerprint density at radius 2 is 1.77 bits per heavy atom. The van der Waals surface area contributed by atoms with E-state index in [1.807, 2.05) is 19.9 Å². The molecule has 3 amide bonds. The average Bonchev–Trinajstić information content (AvgIpc) is 3.72. The normalized spacial score (nSPS) is 21.1. The van der Waals surface area contributed by atoms with Gasteiger partial charge in [0.2, 0.25) is 11.8 Å². The molecular weight excluding hydrogens is 560 g/mol. The van der Waals surface area contributed by atoms with Gasteiger partial charge in [0.15, 0.2) is 11.5 Å². The maximum Gasteiger partial charge on any atom is 0.251 e. The lowest BCUT2D eigenvalue weighted by Gasteiger charge is -2.39. The summed E-state index contributed by atoms with van der Waals surface area (Å²) in [5.41, 5.74) is 1.00. The van der Waals surface area contributed by atoms with E-state index >= 15 is 0 Å². The van der Waals surface area contributed by atoms with E-state index in [1.165, 1.54) is 0 Å². The van der Waals surface area contributed by atoms with Gasteiger partial charge in [0.1, 0.15) is 0 Å². The number of hydrogen-bond donors (Lipinski definition) is 3. The molecule has 1 aromatic rings. The third kappa shape index (κ3) is 9.10. The van der Waals surface area contributed by atoms with Crippen LogP contribution in [0.15, 0.2) is 12.1 Å². The fourth-order valence-corrected chi connectivity index (χ4v) is 6.99. The summed E-state index contributed by atoms with van der Waals surface area (Å²) in [6.45, 7) is 8.74. The Bertz CT molecular complexity index is 1130. The first-order valence-electron chi connectivity index (χ1n) is 16.6. The van der Waals surface area contributed by atoms with Crippen LogP contribution < -0.4 is 25.4 Å². The second-order valence-corrected chi connectivity index (χ2v) is 13.3. The molecule has 0 spiro atoms. The maximum absolute atomic E-state index is 13.9. The molecule has 44 heavy (non-hydrogen) atoms. The fraction of sp³-hybridized carbons (Fsp3) is 0.735. The Morgan fingerprint density at radius 1 is 1.05 bits per heavy atom. The molecule has 0 bridgehead atoms. The van der Waals surface area contributed by atoms with Crippen molar-refractivity contribution in [1.29, 1.82) is 0 Å². The second-order valence-electron chi connectivity index (χ2n) is 13.3. The smallest absolute Gasteiger partial charge is 0.251 e. The highest BCUT2D eigenvalue weighted by molar-refractivity contribution is 5.97. The number of methoxy groups -OCH3 is 2. The molecule has 10 nitrogen and oxygen atoms in total. The molecule has 2 aliphatic carbocycles. The Labute approximate surface area is 263 Å². The van der Waals surface area contributed by atoms with Crippen LogP contribution in [0.2, 0.25) is 0 Å². The topological polar surface area (TPSA) is 118 Å². The Balaban J connectivity index is 1.56. The number of carbonyl (C=O) groups excluding carboxylic acids is 3. The highest BCUT2D eigenvalue weighted by atomic mass is 16.5. The number of rotatable bonds is 16. The molecule has 1 heterocycles. The molecule has 0 aromatic heterocycles. The highest BCUT2D eigenvalue weighted by Gasteiger charge is 2.42. The summed E-state index contributed by atoms with van der Waals surface area (Å²) >= 11 is 0. The monoisotopic (exact) mass is 614 g/mol. The number of benzene rings is 1. The van der Waals surface area contributed by atoms with Gasteiger partial charge in [0.25, 0.3) is 5.91 Å². The van der Waals surface area contributed by atoms with Crippen molar-refractivity contribution in [2.75, 3.05) is 47.1 Å². The quantitative estimate of drug-likeness (QED) is 0.242. The predicted octanol–water partition coefficient (Wildman–Crippen LogP) is 3.85. The summed E-state index contributed by atoms with van der Waals surface area (Å²) in [6.07, 6.45) is 8.69. The molecule has 246 valence electrons. The third-order valence-corrected chi connectivity index (χ3v) is 9.27. The molecule has 2 saturated carbocycles. The number of nitrogens with zero attached hydrogens (tertiary/aromatic N) is 1. The largest absolute Gasteiger partial charge is 0.493 e. The van der Waals surface area contributed by atoms with Crippen molar-refractivity contribution in [3.05, 3.63) is 23.3 Å². The Morgan fingerprint density at radius 3 is 2.41 bits per heavy atom. The number of amides is 3. The first-order valence-corrected chi connectivity index (χ1v) is 16.6. The van der Waals surface area contributed by atoms with Gasteiger partial charge in [-0.3, -0.25) is 14.4 Å². The standard InChI is InChI=1S/C34H54N4O6/c1-23(2)36-33(41)28-12-13-30(43-5)32(44-17-9-16-42-4)29(28)18-25-20-35-21-26(25)22-38(27-10-11-27)31(40)19-34(37-24(3)39)14-7-6-8-15-34/h12-13,23,25-27,35H,6-11,14-22H2,1-5H3,(H,36,41)(H,37,39)/t25-,26+/m1/s1. The lowest BCUT2D eigenvalue weighted by Crippen LogP contribution is -2.53. The molecule has 0 radical (unpaired) electrons. The Kier molecular flexibility index (Phi) is 12.3. The van der Waals surface area contributed by atoms with E-state index in [0.29, 0.717) is 56.1 Å². The van der Waals surface area contributed by atoms with Gasteiger partial charge in [-0.1, -0.05) is 19.3 Å². The van der Waals surface area contributed by atoms with Gasteiger partial charge >= 0.3 is 0 Å². The van der Waals surface area contributed by atoms with Crippen LogP contribution in [0.5, 0.6) is 11.5 Å². The van der Waals surface area contributed by atoms with Crippen LogP contribution in [-0.4, -0.2) is 87.3 Å². The van der Waals surface area contributed by atoms with Gasteiger partial charge < -0.3 is 35.1 Å². The molecule has 3 N–H and O–H groups in total. The van der Waals surface area contributed by atoms with E-state index in [0.717, 1.165) is 63.6 Å². The molecule has 1 saturated heterocycles. The van der Waals surface area contributed by atoms with Crippen LogP contribution in [0, 0.1) is 11.8 Å². The summed E-state index contributed by atoms with van der Waals surface area (Å²) in [7, 11) is 3.29. The minimum Gasteiger partial charge on any atom is -0.493 e. The van der Waals surface area contributed by atoms with Crippen molar-refractivity contribution in [2.24, 2.45) is 11.8 Å². The van der Waals surface area contributed by atoms with E-state index in [9.17, 15) is 14.4 Å². The maximum atomic E-state index is 13.9. The molecule has 0 unspecified atom stereocenters. The van der Waals surface area contributed by atoms with Crippen molar-refractivity contribution in [3.63, 3.8) is 0 Å². The van der Waals surface area contributed by atoms with Gasteiger partial charge in [-0.2, -0.15) is 0 Å². The number of hydrogen-bond acceptors (Lipinski definition) is 7. The van der Waals surface area contributed by atoms with Gasteiger partial charge in [-0.25, -0.2) is 0 Å². The molecule has 2 atom stereocenters. The highest BCUT2D eigenvalue weighted by Crippen LogP contribution is 2.39. The summed E-state index contributed by atoms with van der Waals surface area (Å²) in [6, 6.07) is 3.90. The van der Waals surface area contributed by atoms with Crippen molar-refractivity contribution >= 4 is 17.7 Å². The van der Waals surface area contributed by atoms with Crippen LogP contribution in [0.25, 0.3) is 0 Å². The zero-order valence-corrected chi connectivity index (χ0v) is 27.5. The molecule has 3 aliphatic rings. The van der Waals surface area contributed by atoms with E-state index in [1.54, 1.807) is 27.2 Å². The summed E-state index contributed by atoms with van der Waals surface area (Å²) in [5.74, 6) is 1.58. The number of carbonyl (C=O) groups is 3. The van der Waals surface area contributed by atoms with E-state index in [-0.39, 0.29) is 41.6 Å². The zero-order valence-electron chi connectivity index (χ0n) is 27.5. The van der Waals surface area contributed by atoms with Crippen molar-refractivity contribution in [3.8, 4) is 11.5 Å². The number of nitrogens with one attached hydrogen (secondary N) is 3. The summed E-state index contributed by atoms with van der Waals surface area (Å²) in [4.78, 5) is 41.6. The molecule has 3 fully saturated rings. The minimum absolute atomic E-state index is 0.00696. The van der Waals surface area contributed by atoms with E-state index in [4.69, 9.17) is 14.2 Å². The fourth-order valence-electron chi connectivity index (χ4n) is 6.99. The first kappa shape index (κ1) is 34.0. The van der Waals surface area contributed by atoms with Gasteiger partial charge in [-0.15, -0.1) is 0 Å². The van der Waals surface area contributed by atoms with Crippen LogP contribution in [-0.2, 0) is 20.7 Å². The average molecular weight is 615 g/mol. The van der Waals surface area contributed by atoms with Gasteiger partial charge in [0.05, 0.1) is 13.7 Å². The summed E-state index contributed by atoms with van der Waals surface area (Å²) in [5, 5.41) is 9.79. The molecule has 4 rings (SSSR count). The van der Waals surface area contributed by atoms with Crippen LogP contribution in [0.1, 0.15) is 94.5 Å². The minimum atomic E-state index is -0.435. The van der Waals surface area contributed by atoms with E-state index < -0.39 is 5.54 Å². The molecule has 10 heteroatoms. The van der Waals surface area contributed by atoms with Crippen LogP contribution >= 0.6 is 0 Å². The lowest BCUT2D eigenvalue weighted by atomic mass is 9.78. The Hall–Kier alpha value is -2.85. The second kappa shape index (κ2) is 15.9. The van der Waals surface area contributed by atoms with E-state index in [2.05, 4.69) is 20.9 Å². The molecule has 1 aliphatic heterocycles. The first-order chi connectivity index (χ1) is 21.2. The van der Waals surface area contributed by atoms with Crippen molar-refractivity contribution in [1.82, 2.24) is 20.9 Å². The lowest BCUT2D eigenvalue weighted by molar-refractivity contribution is -0.135. The molecular formula is C34H54N4O6. The summed E-state index contributed by atoms with van der Waals surface area (Å²) < 4.78 is 17.2. The van der Waals surface area contributed by atoms with Crippen LogP contribution in [0.3, 0.4) is 0 Å². The van der Waals surface area contributed by atoms with Gasteiger partial charge in [-0.05, 0) is 83.0 Å². The van der Waals surface area contributed by atoms with Crippen molar-refractivity contribution < 1.29 is 28.6 Å². The van der Waals surface area contributed by atoms with Crippen LogP contribution in [0.4, 0.5) is 0 Å². The third-order valence-electron chi connectivity index (χ3n) is 9.27. The van der Waals surface area contributed by atoms with Crippen molar-refractivity contribution in [2.45, 2.75) is 103 Å². The number of ether oxygens (including phenoxy) is 3. The van der Waals surface area contributed by atoms with Gasteiger partial charge in [0, 0.05) is 68.8 Å². The zero-order chi connectivity index (χ0) is 31.7. The molecule has 1 aromatic carbocycles. The SMILES string of the molecule is COCCCOc1c(OC)ccc(C(=O)NC(C)C)c1C[C@@H]1CNC[C@H]1CN(C(=O)CC1(NC(C)=O)CCCCC1)C1CC1.